The first kappa shape index (κ1) is 15.9. The number of carbonyl (C=O) groups is 1. The third kappa shape index (κ3) is 3.37. The van der Waals surface area contributed by atoms with Crippen LogP contribution in [0.3, 0.4) is 0 Å². The van der Waals surface area contributed by atoms with E-state index in [0.29, 0.717) is 22.3 Å². The van der Waals surface area contributed by atoms with Gasteiger partial charge < -0.3 is 4.90 Å². The second kappa shape index (κ2) is 6.28. The van der Waals surface area contributed by atoms with E-state index < -0.39 is 5.82 Å². The molecular formula is C17H20FN3OS. The highest BCUT2D eigenvalue weighted by atomic mass is 32.1. The summed E-state index contributed by atoms with van der Waals surface area (Å²) in [4.78, 5) is 19.7. The van der Waals surface area contributed by atoms with Crippen LogP contribution >= 0.6 is 11.3 Å². The molecule has 1 heterocycles. The summed E-state index contributed by atoms with van der Waals surface area (Å²) in [6, 6.07) is 4.50. The summed E-state index contributed by atoms with van der Waals surface area (Å²) < 4.78 is 14.0. The van der Waals surface area contributed by atoms with Crippen molar-refractivity contribution in [2.75, 3.05) is 24.3 Å². The molecule has 6 heteroatoms. The molecule has 1 N–H and O–H groups in total. The van der Waals surface area contributed by atoms with Crippen LogP contribution in [0.15, 0.2) is 18.2 Å². The summed E-state index contributed by atoms with van der Waals surface area (Å²) in [6.45, 7) is 2.23. The number of nitrogens with one attached hydrogen (secondary N) is 1. The molecule has 1 aliphatic carbocycles. The number of halogens is 1. The number of carbonyl (C=O) groups excluding carboxylic acids is 1. The van der Waals surface area contributed by atoms with E-state index in [0.717, 1.165) is 25.0 Å². The van der Waals surface area contributed by atoms with Crippen LogP contribution in [0.1, 0.15) is 34.3 Å². The standard InChI is InChI=1S/C17H20FN3OS/c1-10-4-6-13-15(8-10)23-17(19-13)20-16(22)11-5-7-14(21(2)3)12(18)9-11/h5,7,9-10H,4,6,8H2,1-3H3,(H,19,20,22). The average Bonchev–Trinajstić information content (AvgIpc) is 2.87. The Morgan fingerprint density at radius 3 is 2.91 bits per heavy atom. The molecule has 1 aromatic carbocycles. The van der Waals surface area contributed by atoms with Gasteiger partial charge in [-0.1, -0.05) is 6.92 Å². The van der Waals surface area contributed by atoms with Crippen molar-refractivity contribution >= 4 is 28.1 Å². The Kier molecular flexibility index (Phi) is 4.35. The fourth-order valence-electron chi connectivity index (χ4n) is 2.77. The fraction of sp³-hybridized carbons (Fsp3) is 0.412. The number of hydrogen-bond acceptors (Lipinski definition) is 4. The first-order valence-corrected chi connectivity index (χ1v) is 8.52. The monoisotopic (exact) mass is 333 g/mol. The van der Waals surface area contributed by atoms with E-state index in [1.54, 1.807) is 31.1 Å². The van der Waals surface area contributed by atoms with E-state index in [1.807, 2.05) is 0 Å². The molecule has 122 valence electrons. The van der Waals surface area contributed by atoms with E-state index in [-0.39, 0.29) is 5.91 Å². The number of aryl methyl sites for hydroxylation is 1. The Labute approximate surface area is 139 Å². The Morgan fingerprint density at radius 1 is 1.43 bits per heavy atom. The fourth-order valence-corrected chi connectivity index (χ4v) is 3.94. The van der Waals surface area contributed by atoms with Crippen LogP contribution < -0.4 is 10.2 Å². The van der Waals surface area contributed by atoms with E-state index in [1.165, 1.54) is 22.3 Å². The van der Waals surface area contributed by atoms with Gasteiger partial charge in [-0.15, -0.1) is 11.3 Å². The smallest absolute Gasteiger partial charge is 0.257 e. The van der Waals surface area contributed by atoms with Crippen molar-refractivity contribution in [1.29, 1.82) is 0 Å². The number of anilines is 2. The van der Waals surface area contributed by atoms with Gasteiger partial charge in [0.1, 0.15) is 5.82 Å². The summed E-state index contributed by atoms with van der Waals surface area (Å²) in [5, 5.41) is 3.40. The molecule has 0 fully saturated rings. The zero-order chi connectivity index (χ0) is 16.6. The van der Waals surface area contributed by atoms with E-state index in [9.17, 15) is 9.18 Å². The van der Waals surface area contributed by atoms with Gasteiger partial charge in [-0.25, -0.2) is 9.37 Å². The normalized spacial score (nSPS) is 16.8. The average molecular weight is 333 g/mol. The van der Waals surface area contributed by atoms with Crippen molar-refractivity contribution in [1.82, 2.24) is 4.98 Å². The number of thiazole rings is 1. The molecule has 3 rings (SSSR count). The van der Waals surface area contributed by atoms with E-state index in [4.69, 9.17) is 0 Å². The molecule has 23 heavy (non-hydrogen) atoms. The molecule has 4 nitrogen and oxygen atoms in total. The molecule has 0 radical (unpaired) electrons. The van der Waals surface area contributed by atoms with Gasteiger partial charge in [-0.3, -0.25) is 10.1 Å². The first-order valence-electron chi connectivity index (χ1n) is 7.71. The topological polar surface area (TPSA) is 45.2 Å². The molecule has 1 atom stereocenters. The maximum absolute atomic E-state index is 14.0. The summed E-state index contributed by atoms with van der Waals surface area (Å²) >= 11 is 1.53. The number of fused-ring (bicyclic) bond motifs is 1. The highest BCUT2D eigenvalue weighted by Gasteiger charge is 2.21. The number of hydrogen-bond donors (Lipinski definition) is 1. The number of nitrogens with zero attached hydrogens (tertiary/aromatic N) is 2. The Balaban J connectivity index is 1.76. The van der Waals surface area contributed by atoms with Crippen LogP contribution in [0.25, 0.3) is 0 Å². The van der Waals surface area contributed by atoms with Crippen molar-refractivity contribution in [3.05, 3.63) is 40.2 Å². The lowest BCUT2D eigenvalue weighted by Crippen LogP contribution is -2.14. The largest absolute Gasteiger partial charge is 0.375 e. The van der Waals surface area contributed by atoms with Crippen molar-refractivity contribution in [3.8, 4) is 0 Å². The summed E-state index contributed by atoms with van der Waals surface area (Å²) in [7, 11) is 3.53. The third-order valence-corrected chi connectivity index (χ3v) is 5.13. The second-order valence-electron chi connectivity index (χ2n) is 6.25. The molecule has 0 saturated heterocycles. The lowest BCUT2D eigenvalue weighted by Gasteiger charge is -2.15. The van der Waals surface area contributed by atoms with Gasteiger partial charge in [0, 0.05) is 24.5 Å². The lowest BCUT2D eigenvalue weighted by atomic mass is 9.93. The minimum absolute atomic E-state index is 0.301. The summed E-state index contributed by atoms with van der Waals surface area (Å²) in [5.41, 5.74) is 1.85. The van der Waals surface area contributed by atoms with Crippen LogP contribution in [-0.4, -0.2) is 25.0 Å². The molecule has 0 bridgehead atoms. The molecule has 1 amide bonds. The zero-order valence-corrected chi connectivity index (χ0v) is 14.3. The molecule has 0 aliphatic heterocycles. The van der Waals surface area contributed by atoms with Crippen molar-refractivity contribution in [2.45, 2.75) is 26.2 Å². The van der Waals surface area contributed by atoms with Crippen LogP contribution in [0.5, 0.6) is 0 Å². The van der Waals surface area contributed by atoms with Gasteiger partial charge in [0.2, 0.25) is 0 Å². The predicted octanol–water partition coefficient (Wildman–Crippen LogP) is 3.73. The van der Waals surface area contributed by atoms with Crippen LogP contribution in [-0.2, 0) is 12.8 Å². The molecule has 1 aliphatic rings. The molecule has 0 saturated carbocycles. The minimum Gasteiger partial charge on any atom is -0.375 e. The molecular weight excluding hydrogens is 313 g/mol. The van der Waals surface area contributed by atoms with Gasteiger partial charge in [0.15, 0.2) is 5.13 Å². The van der Waals surface area contributed by atoms with Crippen molar-refractivity contribution in [3.63, 3.8) is 0 Å². The van der Waals surface area contributed by atoms with Gasteiger partial charge >= 0.3 is 0 Å². The number of aromatic nitrogens is 1. The van der Waals surface area contributed by atoms with E-state index >= 15 is 0 Å². The Hall–Kier alpha value is -1.95. The first-order chi connectivity index (χ1) is 10.9. The van der Waals surface area contributed by atoms with Gasteiger partial charge in [-0.05, 0) is 43.4 Å². The molecule has 0 spiro atoms. The van der Waals surface area contributed by atoms with Crippen LogP contribution in [0.2, 0.25) is 0 Å². The third-order valence-electron chi connectivity index (χ3n) is 4.10. The molecule has 1 unspecified atom stereocenters. The SMILES string of the molecule is CC1CCc2nc(NC(=O)c3ccc(N(C)C)c(F)c3)sc2C1. The van der Waals surface area contributed by atoms with E-state index in [2.05, 4.69) is 17.2 Å². The Bertz CT molecular complexity index is 741. The highest BCUT2D eigenvalue weighted by molar-refractivity contribution is 7.15. The number of benzene rings is 1. The van der Waals surface area contributed by atoms with Gasteiger partial charge in [0.25, 0.3) is 5.91 Å². The second-order valence-corrected chi connectivity index (χ2v) is 7.34. The molecule has 1 aromatic heterocycles. The Morgan fingerprint density at radius 2 is 2.22 bits per heavy atom. The van der Waals surface area contributed by atoms with Gasteiger partial charge in [-0.2, -0.15) is 0 Å². The van der Waals surface area contributed by atoms with Crippen molar-refractivity contribution in [2.24, 2.45) is 5.92 Å². The quantitative estimate of drug-likeness (QED) is 0.931. The van der Waals surface area contributed by atoms with Gasteiger partial charge in [0.05, 0.1) is 11.4 Å². The maximum Gasteiger partial charge on any atom is 0.257 e. The zero-order valence-electron chi connectivity index (χ0n) is 13.5. The number of amides is 1. The number of rotatable bonds is 3. The lowest BCUT2D eigenvalue weighted by molar-refractivity contribution is 0.102. The minimum atomic E-state index is -0.407. The summed E-state index contributed by atoms with van der Waals surface area (Å²) in [5.74, 6) is -0.0672. The van der Waals surface area contributed by atoms with Crippen LogP contribution in [0.4, 0.5) is 15.2 Å². The summed E-state index contributed by atoms with van der Waals surface area (Å²) in [6.07, 6.45) is 3.13. The molecule has 2 aromatic rings. The highest BCUT2D eigenvalue weighted by Crippen LogP contribution is 2.32. The maximum atomic E-state index is 14.0. The van der Waals surface area contributed by atoms with Crippen molar-refractivity contribution < 1.29 is 9.18 Å². The van der Waals surface area contributed by atoms with Crippen LogP contribution in [0, 0.1) is 11.7 Å². The predicted molar refractivity (Wildman–Crippen MR) is 92.0 cm³/mol.